The number of benzene rings is 2. The molecule has 0 fully saturated rings. The van der Waals surface area contributed by atoms with Gasteiger partial charge in [-0.1, -0.05) is 30.0 Å². The van der Waals surface area contributed by atoms with Crippen molar-refractivity contribution < 1.29 is 26.3 Å². The van der Waals surface area contributed by atoms with Crippen LogP contribution >= 0.6 is 0 Å². The number of alkyl halides is 3. The molecule has 0 heterocycles. The highest BCUT2D eigenvalue weighted by atomic mass is 32.2. The van der Waals surface area contributed by atoms with E-state index in [2.05, 4.69) is 16.6 Å². The zero-order valence-electron chi connectivity index (χ0n) is 13.1. The molecule has 8 heteroatoms. The van der Waals surface area contributed by atoms with Gasteiger partial charge in [0.15, 0.2) is 0 Å². The van der Waals surface area contributed by atoms with Crippen LogP contribution in [0.4, 0.5) is 13.2 Å². The minimum atomic E-state index is -4.62. The molecule has 2 aromatic carbocycles. The molecular formula is C17H14F3NO3S. The largest absolute Gasteiger partial charge is 0.495 e. The lowest BCUT2D eigenvalue weighted by Gasteiger charge is -2.09. The van der Waals surface area contributed by atoms with Gasteiger partial charge in [-0.3, -0.25) is 0 Å². The van der Waals surface area contributed by atoms with Crippen LogP contribution in [0.3, 0.4) is 0 Å². The topological polar surface area (TPSA) is 55.4 Å². The van der Waals surface area contributed by atoms with E-state index in [-0.39, 0.29) is 6.54 Å². The maximum absolute atomic E-state index is 12.7. The van der Waals surface area contributed by atoms with Crippen LogP contribution in [-0.4, -0.2) is 22.1 Å². The fourth-order valence-electron chi connectivity index (χ4n) is 1.94. The molecule has 2 rings (SSSR count). The van der Waals surface area contributed by atoms with Gasteiger partial charge in [-0.25, -0.2) is 8.42 Å². The van der Waals surface area contributed by atoms with Gasteiger partial charge in [-0.2, -0.15) is 17.9 Å². The quantitative estimate of drug-likeness (QED) is 0.843. The fraction of sp³-hybridized carbons (Fsp3) is 0.176. The number of ether oxygens (including phenoxy) is 1. The number of rotatable bonds is 4. The van der Waals surface area contributed by atoms with Gasteiger partial charge in [0.25, 0.3) is 0 Å². The lowest BCUT2D eigenvalue weighted by molar-refractivity contribution is -0.137. The Morgan fingerprint density at radius 1 is 1.12 bits per heavy atom. The van der Waals surface area contributed by atoms with E-state index in [0.29, 0.717) is 17.4 Å². The lowest BCUT2D eigenvalue weighted by Crippen LogP contribution is -2.24. The van der Waals surface area contributed by atoms with Crippen LogP contribution in [0.1, 0.15) is 11.1 Å². The number of para-hydroxylation sites is 1. The third-order valence-corrected chi connectivity index (χ3v) is 4.55. The molecule has 0 bridgehead atoms. The van der Waals surface area contributed by atoms with Crippen LogP contribution in [0.5, 0.6) is 5.75 Å². The van der Waals surface area contributed by atoms with Crippen molar-refractivity contribution in [3.63, 3.8) is 0 Å². The Balaban J connectivity index is 2.12. The Kier molecular flexibility index (Phi) is 5.72. The van der Waals surface area contributed by atoms with Gasteiger partial charge in [-0.05, 0) is 30.3 Å². The van der Waals surface area contributed by atoms with Gasteiger partial charge in [0, 0.05) is 0 Å². The maximum atomic E-state index is 12.7. The molecule has 0 saturated heterocycles. The van der Waals surface area contributed by atoms with E-state index in [1.54, 1.807) is 24.3 Å². The molecule has 0 unspecified atom stereocenters. The summed E-state index contributed by atoms with van der Waals surface area (Å²) in [7, 11) is -2.61. The molecule has 25 heavy (non-hydrogen) atoms. The Bertz CT molecular complexity index is 912. The number of methoxy groups -OCH3 is 1. The second-order valence-electron chi connectivity index (χ2n) is 4.85. The second kappa shape index (κ2) is 7.59. The van der Waals surface area contributed by atoms with Crippen molar-refractivity contribution in [2.45, 2.75) is 11.1 Å². The van der Waals surface area contributed by atoms with Crippen LogP contribution in [0.15, 0.2) is 53.4 Å². The van der Waals surface area contributed by atoms with Crippen LogP contribution in [0, 0.1) is 11.8 Å². The first-order valence-corrected chi connectivity index (χ1v) is 8.51. The Morgan fingerprint density at radius 3 is 2.52 bits per heavy atom. The van der Waals surface area contributed by atoms with Crippen molar-refractivity contribution in [1.82, 2.24) is 4.72 Å². The van der Waals surface area contributed by atoms with Crippen molar-refractivity contribution in [2.24, 2.45) is 0 Å². The molecule has 0 radical (unpaired) electrons. The predicted molar refractivity (Wildman–Crippen MR) is 86.5 cm³/mol. The van der Waals surface area contributed by atoms with E-state index in [4.69, 9.17) is 4.74 Å². The molecule has 0 amide bonds. The van der Waals surface area contributed by atoms with Crippen molar-refractivity contribution >= 4 is 10.0 Å². The highest BCUT2D eigenvalue weighted by molar-refractivity contribution is 7.89. The highest BCUT2D eigenvalue weighted by Crippen LogP contribution is 2.30. The van der Waals surface area contributed by atoms with Gasteiger partial charge >= 0.3 is 6.18 Å². The SMILES string of the molecule is COc1ccccc1C#CCNS(=O)(=O)c1cccc(C(F)(F)F)c1. The van der Waals surface area contributed by atoms with Gasteiger partial charge < -0.3 is 4.74 Å². The summed E-state index contributed by atoms with van der Waals surface area (Å²) in [5.41, 5.74) is -0.459. The van der Waals surface area contributed by atoms with E-state index in [9.17, 15) is 21.6 Å². The fourth-order valence-corrected chi connectivity index (χ4v) is 2.91. The van der Waals surface area contributed by atoms with Gasteiger partial charge in [0.2, 0.25) is 10.0 Å². The molecule has 0 aliphatic carbocycles. The third-order valence-electron chi connectivity index (χ3n) is 3.15. The minimum absolute atomic E-state index is 0.253. The minimum Gasteiger partial charge on any atom is -0.495 e. The maximum Gasteiger partial charge on any atom is 0.416 e. The molecule has 0 aliphatic heterocycles. The lowest BCUT2D eigenvalue weighted by atomic mass is 10.2. The highest BCUT2D eigenvalue weighted by Gasteiger charge is 2.31. The summed E-state index contributed by atoms with van der Waals surface area (Å²) < 4.78 is 69.4. The van der Waals surface area contributed by atoms with Crippen molar-refractivity contribution in [1.29, 1.82) is 0 Å². The second-order valence-corrected chi connectivity index (χ2v) is 6.62. The van der Waals surface area contributed by atoms with E-state index >= 15 is 0 Å². The zero-order valence-corrected chi connectivity index (χ0v) is 13.9. The van der Waals surface area contributed by atoms with Crippen molar-refractivity contribution in [2.75, 3.05) is 13.7 Å². The molecule has 0 spiro atoms. The normalized spacial score (nSPS) is 11.5. The number of nitrogens with one attached hydrogen (secondary N) is 1. The standard InChI is InChI=1S/C17H14F3NO3S/c1-24-16-10-3-2-6-13(16)7-5-11-21-25(22,23)15-9-4-8-14(12-15)17(18,19)20/h2-4,6,8-10,12,21H,11H2,1H3. The Morgan fingerprint density at radius 2 is 1.84 bits per heavy atom. The van der Waals surface area contributed by atoms with Gasteiger partial charge in [-0.15, -0.1) is 0 Å². The molecular weight excluding hydrogens is 355 g/mol. The molecule has 0 aromatic heterocycles. The van der Waals surface area contributed by atoms with E-state index in [1.165, 1.54) is 7.11 Å². The van der Waals surface area contributed by atoms with Gasteiger partial charge in [0.05, 0.1) is 29.7 Å². The molecule has 0 saturated carbocycles. The summed E-state index contributed by atoms with van der Waals surface area (Å²) in [5.74, 6) is 5.88. The summed E-state index contributed by atoms with van der Waals surface area (Å²) in [6.07, 6.45) is -4.62. The zero-order chi connectivity index (χ0) is 18.5. The first-order valence-electron chi connectivity index (χ1n) is 7.03. The number of sulfonamides is 1. The molecule has 2 aromatic rings. The summed E-state index contributed by atoms with van der Waals surface area (Å²) in [4.78, 5) is -0.471. The Hall–Kier alpha value is -2.50. The van der Waals surface area contributed by atoms with Crippen molar-refractivity contribution in [3.05, 3.63) is 59.7 Å². The number of hydrogen-bond donors (Lipinski definition) is 1. The Labute approximate surface area is 143 Å². The average Bonchev–Trinajstić information content (AvgIpc) is 2.58. The molecule has 1 N–H and O–H groups in total. The molecule has 132 valence electrons. The van der Waals surface area contributed by atoms with E-state index in [0.717, 1.165) is 18.2 Å². The van der Waals surface area contributed by atoms with E-state index < -0.39 is 26.7 Å². The summed E-state index contributed by atoms with van der Waals surface area (Å²) in [5, 5.41) is 0. The number of halogens is 3. The summed E-state index contributed by atoms with van der Waals surface area (Å²) >= 11 is 0. The monoisotopic (exact) mass is 369 g/mol. The summed E-state index contributed by atoms with van der Waals surface area (Å²) in [6.45, 7) is -0.253. The van der Waals surface area contributed by atoms with E-state index in [1.807, 2.05) is 0 Å². The molecule has 4 nitrogen and oxygen atoms in total. The van der Waals surface area contributed by atoms with Gasteiger partial charge in [0.1, 0.15) is 5.75 Å². The van der Waals surface area contributed by atoms with Crippen LogP contribution in [0.25, 0.3) is 0 Å². The predicted octanol–water partition coefficient (Wildman–Crippen LogP) is 3.04. The molecule has 0 atom stereocenters. The summed E-state index contributed by atoms with van der Waals surface area (Å²) in [6, 6.07) is 10.4. The first-order chi connectivity index (χ1) is 11.7. The molecule has 0 aliphatic rings. The van der Waals surface area contributed by atoms with Crippen molar-refractivity contribution in [3.8, 4) is 17.6 Å². The first kappa shape index (κ1) is 18.8. The smallest absolute Gasteiger partial charge is 0.416 e. The third kappa shape index (κ3) is 4.98. The number of hydrogen-bond acceptors (Lipinski definition) is 3. The van der Waals surface area contributed by atoms with Crippen LogP contribution < -0.4 is 9.46 Å². The van der Waals surface area contributed by atoms with Crippen LogP contribution in [-0.2, 0) is 16.2 Å². The average molecular weight is 369 g/mol. The van der Waals surface area contributed by atoms with Crippen LogP contribution in [0.2, 0.25) is 0 Å².